The number of hydrogen-bond donors (Lipinski definition) is 2. The van der Waals surface area contributed by atoms with Crippen molar-refractivity contribution in [2.45, 2.75) is 30.7 Å². The van der Waals surface area contributed by atoms with Crippen molar-refractivity contribution in [3.8, 4) is 5.75 Å². The molecule has 3 N–H and O–H groups in total. The van der Waals surface area contributed by atoms with Crippen molar-refractivity contribution < 1.29 is 19.1 Å². The molecule has 1 amide bonds. The van der Waals surface area contributed by atoms with Crippen molar-refractivity contribution in [2.75, 3.05) is 24.8 Å². The monoisotopic (exact) mass is 424 g/mol. The number of esters is 1. The number of hydrogen-bond acceptors (Lipinski definition) is 8. The molecule has 0 bridgehead atoms. The van der Waals surface area contributed by atoms with Crippen molar-refractivity contribution in [1.82, 2.24) is 9.97 Å². The van der Waals surface area contributed by atoms with Crippen LogP contribution in [0.5, 0.6) is 5.75 Å². The molecule has 1 atom stereocenters. The fraction of sp³-hybridized carbons (Fsp3) is 0.333. The highest BCUT2D eigenvalue weighted by atomic mass is 35.5. The predicted molar refractivity (Wildman–Crippen MR) is 109 cm³/mol. The quantitative estimate of drug-likeness (QED) is 0.376. The van der Waals surface area contributed by atoms with E-state index in [9.17, 15) is 9.59 Å². The molecule has 1 aromatic carbocycles. The highest BCUT2D eigenvalue weighted by Crippen LogP contribution is 2.29. The molecule has 10 heteroatoms. The molecule has 0 saturated heterocycles. The summed E-state index contributed by atoms with van der Waals surface area (Å²) in [4.78, 5) is 32.6. The Bertz CT molecular complexity index is 865. The van der Waals surface area contributed by atoms with Crippen LogP contribution in [0.4, 0.5) is 11.5 Å². The van der Waals surface area contributed by atoms with Crippen LogP contribution in [0.1, 0.15) is 30.6 Å². The topological polar surface area (TPSA) is 116 Å². The third-order valence-corrected chi connectivity index (χ3v) is 5.16. The molecule has 0 unspecified atom stereocenters. The number of halogens is 1. The summed E-state index contributed by atoms with van der Waals surface area (Å²) in [6, 6.07) is 4.98. The van der Waals surface area contributed by atoms with E-state index in [1.54, 1.807) is 25.1 Å². The van der Waals surface area contributed by atoms with E-state index in [0.29, 0.717) is 28.0 Å². The second-order valence-corrected chi connectivity index (χ2v) is 7.10. The molecule has 0 aliphatic rings. The molecule has 0 saturated carbocycles. The molecule has 8 nitrogen and oxygen atoms in total. The Morgan fingerprint density at radius 3 is 2.68 bits per heavy atom. The minimum atomic E-state index is -0.585. The number of carbonyl (C=O) groups is 2. The number of nitrogens with one attached hydrogen (secondary N) is 1. The zero-order valence-corrected chi connectivity index (χ0v) is 17.3. The highest BCUT2D eigenvalue weighted by molar-refractivity contribution is 8.00. The number of amides is 1. The van der Waals surface area contributed by atoms with Gasteiger partial charge in [0.1, 0.15) is 17.1 Å². The molecule has 0 fully saturated rings. The number of thioether (sulfide) groups is 1. The lowest BCUT2D eigenvalue weighted by atomic mass is 10.2. The molecular formula is C18H21ClN4O4S. The fourth-order valence-electron chi connectivity index (χ4n) is 2.22. The third kappa shape index (κ3) is 5.49. The molecular weight excluding hydrogens is 404 g/mol. The van der Waals surface area contributed by atoms with Gasteiger partial charge < -0.3 is 20.5 Å². The van der Waals surface area contributed by atoms with Gasteiger partial charge in [-0.05, 0) is 31.5 Å². The number of rotatable bonds is 8. The van der Waals surface area contributed by atoms with Gasteiger partial charge in [-0.2, -0.15) is 0 Å². The third-order valence-electron chi connectivity index (χ3n) is 3.62. The first-order valence-corrected chi connectivity index (χ1v) is 9.76. The Morgan fingerprint density at radius 1 is 1.36 bits per heavy atom. The summed E-state index contributed by atoms with van der Waals surface area (Å²) < 4.78 is 9.99. The summed E-state index contributed by atoms with van der Waals surface area (Å²) in [5.74, 6) is -0.289. The van der Waals surface area contributed by atoms with Gasteiger partial charge in [-0.3, -0.25) is 4.79 Å². The highest BCUT2D eigenvalue weighted by Gasteiger charge is 2.21. The number of benzene rings is 1. The zero-order chi connectivity index (χ0) is 20.7. The SMILES string of the molecule is CCOC(=O)c1cnc(S[C@@H](CC)C(=O)Nc2ccc(OC)c(Cl)c2)nc1N. The van der Waals surface area contributed by atoms with Crippen molar-refractivity contribution in [2.24, 2.45) is 0 Å². The Labute approximate surface area is 172 Å². The van der Waals surface area contributed by atoms with Gasteiger partial charge in [-0.15, -0.1) is 0 Å². The minimum absolute atomic E-state index is 0.00754. The number of aromatic nitrogens is 2. The summed E-state index contributed by atoms with van der Waals surface area (Å²) in [7, 11) is 1.52. The lowest BCUT2D eigenvalue weighted by Crippen LogP contribution is -2.25. The Morgan fingerprint density at radius 2 is 2.11 bits per heavy atom. The molecule has 28 heavy (non-hydrogen) atoms. The molecule has 1 heterocycles. The number of nitrogen functional groups attached to an aromatic ring is 1. The van der Waals surface area contributed by atoms with Crippen LogP contribution < -0.4 is 15.8 Å². The van der Waals surface area contributed by atoms with E-state index in [1.165, 1.54) is 13.3 Å². The van der Waals surface area contributed by atoms with E-state index in [-0.39, 0.29) is 23.9 Å². The van der Waals surface area contributed by atoms with E-state index in [2.05, 4.69) is 15.3 Å². The van der Waals surface area contributed by atoms with Crippen LogP contribution in [0.3, 0.4) is 0 Å². The number of carbonyl (C=O) groups excluding carboxylic acids is 2. The first-order valence-electron chi connectivity index (χ1n) is 8.50. The van der Waals surface area contributed by atoms with E-state index in [1.807, 2.05) is 6.92 Å². The summed E-state index contributed by atoms with van der Waals surface area (Å²) in [5, 5.41) is 3.03. The predicted octanol–water partition coefficient (Wildman–Crippen LogP) is 3.41. The molecule has 0 radical (unpaired) electrons. The first-order chi connectivity index (χ1) is 13.4. The van der Waals surface area contributed by atoms with Crippen LogP contribution in [0.2, 0.25) is 5.02 Å². The molecule has 0 aliphatic heterocycles. The van der Waals surface area contributed by atoms with E-state index in [0.717, 1.165) is 11.8 Å². The van der Waals surface area contributed by atoms with Gasteiger partial charge >= 0.3 is 5.97 Å². The van der Waals surface area contributed by atoms with Crippen LogP contribution in [0.25, 0.3) is 0 Å². The Balaban J connectivity index is 2.08. The average Bonchev–Trinajstić information content (AvgIpc) is 2.66. The molecule has 2 rings (SSSR count). The summed E-state index contributed by atoms with van der Waals surface area (Å²) in [6.07, 6.45) is 1.83. The second-order valence-electron chi connectivity index (χ2n) is 5.53. The van der Waals surface area contributed by atoms with Gasteiger partial charge in [-0.1, -0.05) is 30.3 Å². The first kappa shape index (κ1) is 21.8. The van der Waals surface area contributed by atoms with Crippen molar-refractivity contribution in [3.63, 3.8) is 0 Å². The molecule has 2 aromatic rings. The number of nitrogens with zero attached hydrogens (tertiary/aromatic N) is 2. The van der Waals surface area contributed by atoms with E-state index in [4.69, 9.17) is 26.8 Å². The van der Waals surface area contributed by atoms with Gasteiger partial charge in [0.05, 0.1) is 24.0 Å². The van der Waals surface area contributed by atoms with Gasteiger partial charge in [0.25, 0.3) is 0 Å². The maximum absolute atomic E-state index is 12.6. The van der Waals surface area contributed by atoms with Crippen LogP contribution in [-0.4, -0.2) is 40.8 Å². The lowest BCUT2D eigenvalue weighted by molar-refractivity contribution is -0.115. The van der Waals surface area contributed by atoms with E-state index < -0.39 is 11.2 Å². The fourth-order valence-corrected chi connectivity index (χ4v) is 3.33. The summed E-state index contributed by atoms with van der Waals surface area (Å²) in [5.41, 5.74) is 6.46. The smallest absolute Gasteiger partial charge is 0.343 e. The van der Waals surface area contributed by atoms with Crippen molar-refractivity contribution in [1.29, 1.82) is 0 Å². The zero-order valence-electron chi connectivity index (χ0n) is 15.7. The van der Waals surface area contributed by atoms with Gasteiger partial charge in [0.2, 0.25) is 5.91 Å². The maximum atomic E-state index is 12.6. The number of methoxy groups -OCH3 is 1. The van der Waals surface area contributed by atoms with Crippen LogP contribution >= 0.6 is 23.4 Å². The standard InChI is InChI=1S/C18H21ClN4O4S/c1-4-14(16(24)22-10-6-7-13(26-3)12(19)8-10)28-18-21-9-11(15(20)23-18)17(25)27-5-2/h6-9,14H,4-5H2,1-3H3,(H,22,24)(H2,20,21,23)/t14-/m0/s1. The van der Waals surface area contributed by atoms with Gasteiger partial charge in [0.15, 0.2) is 5.16 Å². The molecule has 0 spiro atoms. The molecule has 0 aliphatic carbocycles. The normalized spacial score (nSPS) is 11.6. The minimum Gasteiger partial charge on any atom is -0.495 e. The van der Waals surface area contributed by atoms with Crippen molar-refractivity contribution >= 4 is 46.7 Å². The Kier molecular flexibility index (Phi) is 7.89. The lowest BCUT2D eigenvalue weighted by Gasteiger charge is -2.15. The largest absolute Gasteiger partial charge is 0.495 e. The van der Waals surface area contributed by atoms with Crippen LogP contribution in [0.15, 0.2) is 29.6 Å². The van der Waals surface area contributed by atoms with Crippen LogP contribution in [0, 0.1) is 0 Å². The van der Waals surface area contributed by atoms with Crippen LogP contribution in [-0.2, 0) is 9.53 Å². The number of nitrogens with two attached hydrogens (primary N) is 1. The van der Waals surface area contributed by atoms with E-state index >= 15 is 0 Å². The molecule has 150 valence electrons. The molecule has 1 aromatic heterocycles. The number of ether oxygens (including phenoxy) is 2. The summed E-state index contributed by atoms with van der Waals surface area (Å²) in [6.45, 7) is 3.79. The van der Waals surface area contributed by atoms with Crippen molar-refractivity contribution in [3.05, 3.63) is 35.0 Å². The second kappa shape index (κ2) is 10.1. The van der Waals surface area contributed by atoms with Gasteiger partial charge in [0, 0.05) is 11.9 Å². The maximum Gasteiger partial charge on any atom is 0.343 e. The Hall–Kier alpha value is -2.52. The van der Waals surface area contributed by atoms with Gasteiger partial charge in [-0.25, -0.2) is 14.8 Å². The number of anilines is 2. The summed E-state index contributed by atoms with van der Waals surface area (Å²) >= 11 is 7.24. The average molecular weight is 425 g/mol.